The van der Waals surface area contributed by atoms with Crippen LogP contribution < -0.4 is 0 Å². The second-order valence-electron chi connectivity index (χ2n) is 10.5. The van der Waals surface area contributed by atoms with Gasteiger partial charge in [0, 0.05) is 25.4 Å². The number of hydrogen-bond acceptors (Lipinski definition) is 3. The van der Waals surface area contributed by atoms with Crippen LogP contribution in [0.4, 0.5) is 0 Å². The van der Waals surface area contributed by atoms with Gasteiger partial charge in [0.05, 0.1) is 25.5 Å². The SMILES string of the molecule is CCCCN1C(CCC)=NCC1CCCC[N+]1=C(CCC)N(CC2CCCC2)C(C)C1. The van der Waals surface area contributed by atoms with Crippen molar-refractivity contribution in [3.63, 3.8) is 0 Å². The van der Waals surface area contributed by atoms with Crippen molar-refractivity contribution in [1.29, 1.82) is 0 Å². The molecule has 2 unspecified atom stereocenters. The Morgan fingerprint density at radius 3 is 2.42 bits per heavy atom. The van der Waals surface area contributed by atoms with Crippen LogP contribution in [0.15, 0.2) is 4.99 Å². The first-order valence-corrected chi connectivity index (χ1v) is 13.8. The number of hydrogen-bond donors (Lipinski definition) is 0. The highest BCUT2D eigenvalue weighted by Crippen LogP contribution is 2.28. The van der Waals surface area contributed by atoms with Crippen molar-refractivity contribution < 1.29 is 4.58 Å². The van der Waals surface area contributed by atoms with Gasteiger partial charge in [-0.05, 0) is 64.2 Å². The Balaban J connectivity index is 1.49. The van der Waals surface area contributed by atoms with E-state index in [4.69, 9.17) is 4.99 Å². The molecule has 0 aromatic rings. The zero-order valence-corrected chi connectivity index (χ0v) is 21.2. The molecule has 178 valence electrons. The molecule has 0 N–H and O–H groups in total. The number of rotatable bonds is 14. The molecule has 2 atom stereocenters. The summed E-state index contributed by atoms with van der Waals surface area (Å²) in [5.74, 6) is 4.01. The van der Waals surface area contributed by atoms with Crippen molar-refractivity contribution in [3.8, 4) is 0 Å². The highest BCUT2D eigenvalue weighted by molar-refractivity contribution is 5.84. The van der Waals surface area contributed by atoms with Gasteiger partial charge in [0.2, 0.25) is 5.84 Å². The molecule has 2 aliphatic heterocycles. The molecule has 0 aromatic carbocycles. The van der Waals surface area contributed by atoms with Gasteiger partial charge in [-0.3, -0.25) is 14.5 Å². The zero-order chi connectivity index (χ0) is 22.1. The first-order chi connectivity index (χ1) is 15.2. The largest absolute Gasteiger partial charge is 0.356 e. The molecule has 3 aliphatic rings. The van der Waals surface area contributed by atoms with Gasteiger partial charge in [-0.25, -0.2) is 0 Å². The first-order valence-electron chi connectivity index (χ1n) is 13.8. The van der Waals surface area contributed by atoms with E-state index in [-0.39, 0.29) is 0 Å². The third-order valence-electron chi connectivity index (χ3n) is 7.81. The van der Waals surface area contributed by atoms with Gasteiger partial charge in [-0.2, -0.15) is 0 Å². The van der Waals surface area contributed by atoms with Gasteiger partial charge in [0.25, 0.3) is 0 Å². The number of aliphatic imine (C=N–C) groups is 1. The van der Waals surface area contributed by atoms with Gasteiger partial charge in [-0.15, -0.1) is 0 Å². The maximum absolute atomic E-state index is 4.92. The Kier molecular flexibility index (Phi) is 10.2. The average molecular weight is 432 g/mol. The molecule has 2 heterocycles. The molecule has 1 aliphatic carbocycles. The first kappa shape index (κ1) is 24.6. The summed E-state index contributed by atoms with van der Waals surface area (Å²) >= 11 is 0. The van der Waals surface area contributed by atoms with Gasteiger partial charge < -0.3 is 4.90 Å². The lowest BCUT2D eigenvalue weighted by molar-refractivity contribution is -0.522. The van der Waals surface area contributed by atoms with E-state index in [1.165, 1.54) is 109 Å². The molecular formula is C27H51N4+. The van der Waals surface area contributed by atoms with E-state index in [0.29, 0.717) is 12.1 Å². The molecular weight excluding hydrogens is 380 g/mol. The average Bonchev–Trinajstić information content (AvgIpc) is 3.47. The standard InChI is InChI=1S/C27H51N4/c1-5-8-19-30-25(20-28-26(30)13-6-2)17-11-12-18-29-21-23(4)31(27(29)14-7-3)22-24-15-9-10-16-24/h23-25H,5-22H2,1-4H3/q+1. The molecule has 0 aromatic heterocycles. The van der Waals surface area contributed by atoms with E-state index in [2.05, 4.69) is 42.1 Å². The van der Waals surface area contributed by atoms with Crippen molar-refractivity contribution in [2.45, 2.75) is 123 Å². The third kappa shape index (κ3) is 6.71. The van der Waals surface area contributed by atoms with Crippen molar-refractivity contribution in [1.82, 2.24) is 9.80 Å². The zero-order valence-electron chi connectivity index (χ0n) is 21.2. The molecule has 4 heteroatoms. The van der Waals surface area contributed by atoms with Gasteiger partial charge in [0.1, 0.15) is 12.6 Å². The summed E-state index contributed by atoms with van der Waals surface area (Å²) in [6.07, 6.45) is 17.3. The predicted molar refractivity (Wildman–Crippen MR) is 134 cm³/mol. The maximum atomic E-state index is 4.92. The molecule has 3 rings (SSSR count). The fourth-order valence-corrected chi connectivity index (χ4v) is 6.09. The Bertz CT molecular complexity index is 590. The molecule has 0 spiro atoms. The summed E-state index contributed by atoms with van der Waals surface area (Å²) in [7, 11) is 0. The van der Waals surface area contributed by atoms with E-state index in [1.54, 1.807) is 5.84 Å². The minimum atomic E-state index is 0.670. The van der Waals surface area contributed by atoms with Crippen molar-refractivity contribution in [3.05, 3.63) is 0 Å². The second kappa shape index (κ2) is 12.8. The van der Waals surface area contributed by atoms with E-state index in [9.17, 15) is 0 Å². The Morgan fingerprint density at radius 2 is 1.71 bits per heavy atom. The molecule has 0 saturated heterocycles. The summed E-state index contributed by atoms with van der Waals surface area (Å²) in [5, 5.41) is 0. The maximum Gasteiger partial charge on any atom is 0.247 e. The van der Waals surface area contributed by atoms with Crippen LogP contribution in [0.1, 0.15) is 111 Å². The van der Waals surface area contributed by atoms with Crippen LogP contribution in [-0.4, -0.2) is 70.9 Å². The van der Waals surface area contributed by atoms with Crippen LogP contribution in [0.3, 0.4) is 0 Å². The highest BCUT2D eigenvalue weighted by Gasteiger charge is 2.37. The molecule has 1 fully saturated rings. The smallest absolute Gasteiger partial charge is 0.247 e. The minimum Gasteiger partial charge on any atom is -0.356 e. The monoisotopic (exact) mass is 431 g/mol. The quantitative estimate of drug-likeness (QED) is 0.251. The fourth-order valence-electron chi connectivity index (χ4n) is 6.09. The third-order valence-corrected chi connectivity index (χ3v) is 7.81. The Labute approximate surface area is 193 Å². The van der Waals surface area contributed by atoms with Gasteiger partial charge in [0.15, 0.2) is 0 Å². The number of unbranched alkanes of at least 4 members (excludes halogenated alkanes) is 2. The lowest BCUT2D eigenvalue weighted by atomic mass is 10.1. The summed E-state index contributed by atoms with van der Waals surface area (Å²) in [6.45, 7) is 15.5. The van der Waals surface area contributed by atoms with Crippen molar-refractivity contribution >= 4 is 11.7 Å². The van der Waals surface area contributed by atoms with E-state index < -0.39 is 0 Å². The molecule has 0 amide bonds. The summed E-state index contributed by atoms with van der Waals surface area (Å²) in [4.78, 5) is 10.4. The highest BCUT2D eigenvalue weighted by atomic mass is 15.3. The van der Waals surface area contributed by atoms with E-state index in [0.717, 1.165) is 18.9 Å². The van der Waals surface area contributed by atoms with Crippen molar-refractivity contribution in [2.75, 3.05) is 32.7 Å². The molecule has 4 nitrogen and oxygen atoms in total. The van der Waals surface area contributed by atoms with Crippen LogP contribution in [0.25, 0.3) is 0 Å². The molecule has 1 saturated carbocycles. The second-order valence-corrected chi connectivity index (χ2v) is 10.5. The summed E-state index contributed by atoms with van der Waals surface area (Å²) in [6, 6.07) is 1.37. The molecule has 0 bridgehead atoms. The van der Waals surface area contributed by atoms with Gasteiger partial charge >= 0.3 is 0 Å². The van der Waals surface area contributed by atoms with Crippen molar-refractivity contribution in [2.24, 2.45) is 10.9 Å². The Hall–Kier alpha value is -1.06. The van der Waals surface area contributed by atoms with Gasteiger partial charge in [-0.1, -0.05) is 40.0 Å². The normalized spacial score (nSPS) is 24.7. The van der Waals surface area contributed by atoms with Crippen LogP contribution in [-0.2, 0) is 0 Å². The number of nitrogens with zero attached hydrogens (tertiary/aromatic N) is 4. The van der Waals surface area contributed by atoms with E-state index >= 15 is 0 Å². The fraction of sp³-hybridized carbons (Fsp3) is 0.926. The van der Waals surface area contributed by atoms with E-state index in [1.807, 2.05) is 0 Å². The lowest BCUT2D eigenvalue weighted by Gasteiger charge is -2.28. The minimum absolute atomic E-state index is 0.670. The Morgan fingerprint density at radius 1 is 0.935 bits per heavy atom. The summed E-state index contributed by atoms with van der Waals surface area (Å²) < 4.78 is 2.76. The van der Waals surface area contributed by atoms with Crippen LogP contribution in [0.2, 0.25) is 0 Å². The predicted octanol–water partition coefficient (Wildman–Crippen LogP) is 5.95. The molecule has 0 radical (unpaired) electrons. The topological polar surface area (TPSA) is 21.9 Å². The molecule has 31 heavy (non-hydrogen) atoms. The number of amidine groups is 2. The lowest BCUT2D eigenvalue weighted by Crippen LogP contribution is -2.38. The summed E-state index contributed by atoms with van der Waals surface area (Å²) in [5.41, 5.74) is 0. The van der Waals surface area contributed by atoms with Crippen LogP contribution >= 0.6 is 0 Å². The van der Waals surface area contributed by atoms with Crippen LogP contribution in [0.5, 0.6) is 0 Å². The van der Waals surface area contributed by atoms with Crippen LogP contribution in [0, 0.1) is 5.92 Å².